The number of carbonyl (C=O) groups excluding carboxylic acids is 2. The van der Waals surface area contributed by atoms with Crippen molar-refractivity contribution < 1.29 is 22.7 Å². The van der Waals surface area contributed by atoms with Gasteiger partial charge in [-0.15, -0.1) is 11.3 Å². The maximum atomic E-state index is 12.8. The van der Waals surface area contributed by atoms with Crippen molar-refractivity contribution in [2.45, 2.75) is 53.6 Å². The predicted octanol–water partition coefficient (Wildman–Crippen LogP) is 3.88. The Hall–Kier alpha value is -2.46. The summed E-state index contributed by atoms with van der Waals surface area (Å²) in [5.41, 5.74) is 2.86. The third-order valence-corrected chi connectivity index (χ3v) is 8.92. The van der Waals surface area contributed by atoms with Gasteiger partial charge in [-0.05, 0) is 45.2 Å². The van der Waals surface area contributed by atoms with E-state index in [4.69, 9.17) is 4.74 Å². The van der Waals surface area contributed by atoms with Crippen molar-refractivity contribution in [1.82, 2.24) is 14.3 Å². The number of hydrogen-bond acceptors (Lipinski definition) is 7. The van der Waals surface area contributed by atoms with Gasteiger partial charge >= 0.3 is 5.97 Å². The van der Waals surface area contributed by atoms with Crippen molar-refractivity contribution in [2.24, 2.45) is 5.92 Å². The first-order valence-electron chi connectivity index (χ1n) is 11.0. The molecule has 0 aliphatic carbocycles. The molecule has 0 N–H and O–H groups in total. The zero-order chi connectivity index (χ0) is 24.1. The van der Waals surface area contributed by atoms with Crippen LogP contribution in [-0.2, 0) is 21.1 Å². The molecule has 8 nitrogen and oxygen atoms in total. The van der Waals surface area contributed by atoms with Crippen LogP contribution < -0.4 is 0 Å². The number of rotatable bonds is 7. The van der Waals surface area contributed by atoms with Crippen molar-refractivity contribution in [2.75, 3.05) is 18.1 Å². The van der Waals surface area contributed by atoms with E-state index in [1.807, 2.05) is 30.0 Å². The summed E-state index contributed by atoms with van der Waals surface area (Å²) in [5, 5.41) is 5.47. The summed E-state index contributed by atoms with van der Waals surface area (Å²) in [6.45, 7) is 10.2. The number of sulfone groups is 1. The topological polar surface area (TPSA) is 100 Å². The van der Waals surface area contributed by atoms with Crippen LogP contribution in [0.2, 0.25) is 0 Å². The number of fused-ring (bicyclic) bond motifs is 1. The number of hydrogen-bond donors (Lipinski definition) is 0. The summed E-state index contributed by atoms with van der Waals surface area (Å²) in [6.07, 6.45) is 0.543. The second kappa shape index (κ2) is 8.72. The summed E-state index contributed by atoms with van der Waals surface area (Å²) in [6, 6.07) is 3.37. The van der Waals surface area contributed by atoms with Crippen LogP contribution in [0, 0.1) is 26.7 Å². The Morgan fingerprint density at radius 2 is 1.97 bits per heavy atom. The van der Waals surface area contributed by atoms with E-state index in [0.29, 0.717) is 28.5 Å². The smallest absolute Gasteiger partial charge is 0.348 e. The van der Waals surface area contributed by atoms with Gasteiger partial charge in [-0.3, -0.25) is 9.48 Å². The van der Waals surface area contributed by atoms with Gasteiger partial charge in [0, 0.05) is 34.9 Å². The van der Waals surface area contributed by atoms with E-state index < -0.39 is 15.8 Å². The Balaban J connectivity index is 1.47. The lowest BCUT2D eigenvalue weighted by molar-refractivity contribution is 0.0479. The first kappa shape index (κ1) is 23.7. The Labute approximate surface area is 197 Å². The predicted molar refractivity (Wildman–Crippen MR) is 128 cm³/mol. The van der Waals surface area contributed by atoms with Crippen molar-refractivity contribution in [3.8, 4) is 0 Å². The van der Waals surface area contributed by atoms with Gasteiger partial charge in [0.25, 0.3) is 0 Å². The molecular weight excluding hydrogens is 462 g/mol. The minimum absolute atomic E-state index is 0.0889. The van der Waals surface area contributed by atoms with Gasteiger partial charge in [0.05, 0.1) is 17.2 Å². The molecule has 33 heavy (non-hydrogen) atoms. The van der Waals surface area contributed by atoms with Crippen molar-refractivity contribution in [3.05, 3.63) is 39.7 Å². The molecule has 4 heterocycles. The van der Waals surface area contributed by atoms with E-state index in [-0.39, 0.29) is 29.9 Å². The number of Topliss-reactive ketones (excluding diaryl/α,β-unsaturated/α-hetero) is 1. The van der Waals surface area contributed by atoms with Gasteiger partial charge < -0.3 is 9.30 Å². The first-order chi connectivity index (χ1) is 15.5. The van der Waals surface area contributed by atoms with Crippen LogP contribution in [0.3, 0.4) is 0 Å². The van der Waals surface area contributed by atoms with Gasteiger partial charge in [-0.2, -0.15) is 5.10 Å². The minimum atomic E-state index is -3.04. The van der Waals surface area contributed by atoms with Crippen molar-refractivity contribution >= 4 is 43.1 Å². The maximum absolute atomic E-state index is 12.8. The van der Waals surface area contributed by atoms with Crippen LogP contribution in [0.15, 0.2) is 12.1 Å². The standard InChI is InChI=1S/C23H29N3O5S2/c1-13(2)10-25-22-18(15(4)24-25)9-21(32-22)23(28)31-11-20(27)19-8-14(3)26(16(19)5)17-6-7-33(29,30)12-17/h8-9,13,17H,6-7,10-12H2,1-5H3/t17-/m0/s1. The monoisotopic (exact) mass is 491 g/mol. The quantitative estimate of drug-likeness (QED) is 0.367. The number of esters is 1. The van der Waals surface area contributed by atoms with Gasteiger partial charge in [-0.25, -0.2) is 13.2 Å². The van der Waals surface area contributed by atoms with Crippen LogP contribution in [0.25, 0.3) is 10.2 Å². The van der Waals surface area contributed by atoms with Gasteiger partial charge in [-0.1, -0.05) is 13.8 Å². The molecule has 1 atom stereocenters. The highest BCUT2D eigenvalue weighted by Crippen LogP contribution is 2.31. The van der Waals surface area contributed by atoms with Crippen LogP contribution >= 0.6 is 11.3 Å². The molecule has 0 bridgehead atoms. The molecule has 1 aliphatic heterocycles. The molecular formula is C23H29N3O5S2. The highest BCUT2D eigenvalue weighted by atomic mass is 32.2. The largest absolute Gasteiger partial charge is 0.453 e. The lowest BCUT2D eigenvalue weighted by Crippen LogP contribution is -2.16. The third kappa shape index (κ3) is 4.63. The summed E-state index contributed by atoms with van der Waals surface area (Å²) in [7, 11) is -3.04. The van der Waals surface area contributed by atoms with E-state index in [1.165, 1.54) is 11.3 Å². The van der Waals surface area contributed by atoms with Gasteiger partial charge in [0.1, 0.15) is 9.71 Å². The Morgan fingerprint density at radius 1 is 1.24 bits per heavy atom. The average molecular weight is 492 g/mol. The van der Waals surface area contributed by atoms with Crippen LogP contribution in [0.5, 0.6) is 0 Å². The van der Waals surface area contributed by atoms with Crippen LogP contribution in [0.4, 0.5) is 0 Å². The number of ether oxygens (including phenoxy) is 1. The van der Waals surface area contributed by atoms with E-state index in [2.05, 4.69) is 18.9 Å². The lowest BCUT2D eigenvalue weighted by atomic mass is 10.1. The number of carbonyl (C=O) groups is 2. The van der Waals surface area contributed by atoms with Crippen LogP contribution in [-0.4, -0.2) is 52.6 Å². The molecule has 0 saturated carbocycles. The Kier molecular flexibility index (Phi) is 6.26. The lowest BCUT2D eigenvalue weighted by Gasteiger charge is -2.16. The zero-order valence-corrected chi connectivity index (χ0v) is 21.2. The van der Waals surface area contributed by atoms with Crippen molar-refractivity contribution in [3.63, 3.8) is 0 Å². The zero-order valence-electron chi connectivity index (χ0n) is 19.5. The molecule has 3 aromatic rings. The molecule has 1 aliphatic rings. The molecule has 0 radical (unpaired) electrons. The second-order valence-electron chi connectivity index (χ2n) is 9.20. The maximum Gasteiger partial charge on any atom is 0.348 e. The molecule has 0 unspecified atom stereocenters. The molecule has 0 spiro atoms. The SMILES string of the molecule is Cc1nn(CC(C)C)c2sc(C(=O)OCC(=O)c3cc(C)n([C@H]4CCS(=O)(=O)C4)c3C)cc12. The minimum Gasteiger partial charge on any atom is -0.453 e. The highest BCUT2D eigenvalue weighted by molar-refractivity contribution is 7.91. The molecule has 1 fully saturated rings. The Morgan fingerprint density at radius 3 is 2.61 bits per heavy atom. The van der Waals surface area contributed by atoms with Crippen molar-refractivity contribution in [1.29, 1.82) is 0 Å². The number of aryl methyl sites for hydroxylation is 2. The van der Waals surface area contributed by atoms with E-state index in [0.717, 1.165) is 28.1 Å². The number of nitrogens with zero attached hydrogens (tertiary/aromatic N) is 3. The van der Waals surface area contributed by atoms with E-state index >= 15 is 0 Å². The fourth-order valence-corrected chi connectivity index (χ4v) is 7.33. The van der Waals surface area contributed by atoms with E-state index in [9.17, 15) is 18.0 Å². The third-order valence-electron chi connectivity index (χ3n) is 6.04. The second-order valence-corrected chi connectivity index (χ2v) is 12.5. The number of aromatic nitrogens is 3. The highest BCUT2D eigenvalue weighted by Gasteiger charge is 2.32. The molecule has 0 amide bonds. The van der Waals surface area contributed by atoms with Crippen LogP contribution in [0.1, 0.15) is 63.4 Å². The summed E-state index contributed by atoms with van der Waals surface area (Å²) < 4.78 is 33.0. The fourth-order valence-electron chi connectivity index (χ4n) is 4.56. The summed E-state index contributed by atoms with van der Waals surface area (Å²) in [5.74, 6) is -0.154. The van der Waals surface area contributed by atoms with Gasteiger partial charge in [0.2, 0.25) is 5.78 Å². The normalized spacial score (nSPS) is 17.8. The fraction of sp³-hybridized carbons (Fsp3) is 0.522. The first-order valence-corrected chi connectivity index (χ1v) is 13.7. The Bertz CT molecular complexity index is 1340. The van der Waals surface area contributed by atoms with E-state index in [1.54, 1.807) is 12.1 Å². The molecule has 10 heteroatoms. The number of thiophene rings is 1. The van der Waals surface area contributed by atoms with Gasteiger partial charge in [0.15, 0.2) is 16.4 Å². The molecule has 0 aromatic carbocycles. The molecule has 178 valence electrons. The number of ketones is 1. The molecule has 4 rings (SSSR count). The molecule has 1 saturated heterocycles. The summed E-state index contributed by atoms with van der Waals surface area (Å²) in [4.78, 5) is 26.9. The average Bonchev–Trinajstić information content (AvgIpc) is 3.45. The summed E-state index contributed by atoms with van der Waals surface area (Å²) >= 11 is 1.32. The molecule has 3 aromatic heterocycles.